The van der Waals surface area contributed by atoms with E-state index in [4.69, 9.17) is 11.6 Å². The number of carbonyl (C=O) groups is 2. The number of benzene rings is 1. The van der Waals surface area contributed by atoms with Gasteiger partial charge in [0.1, 0.15) is 0 Å². The van der Waals surface area contributed by atoms with Crippen LogP contribution in [0.5, 0.6) is 0 Å². The van der Waals surface area contributed by atoms with Crippen molar-refractivity contribution in [2.24, 2.45) is 11.3 Å². The van der Waals surface area contributed by atoms with Crippen LogP contribution >= 0.6 is 11.6 Å². The van der Waals surface area contributed by atoms with Crippen LogP contribution in [0.3, 0.4) is 0 Å². The summed E-state index contributed by atoms with van der Waals surface area (Å²) in [5.41, 5.74) is 0.737. The lowest BCUT2D eigenvalue weighted by atomic mass is 9.75. The second-order valence-electron chi connectivity index (χ2n) is 8.45. The first-order valence-corrected chi connectivity index (χ1v) is 10.5. The number of nitrogens with zero attached hydrogens (tertiary/aromatic N) is 1. The number of hydrogen-bond donors (Lipinski definition) is 2. The van der Waals surface area contributed by atoms with Crippen molar-refractivity contribution >= 4 is 23.4 Å². The minimum atomic E-state index is -0.387. The predicted molar refractivity (Wildman–Crippen MR) is 106 cm³/mol. The zero-order valence-electron chi connectivity index (χ0n) is 15.7. The van der Waals surface area contributed by atoms with Gasteiger partial charge in [0.05, 0.1) is 5.41 Å². The van der Waals surface area contributed by atoms with Crippen LogP contribution in [0, 0.1) is 11.3 Å². The topological polar surface area (TPSA) is 61.4 Å². The fraction of sp³-hybridized carbons (Fsp3) is 0.619. The average Bonchev–Trinajstić information content (AvgIpc) is 3.27. The maximum Gasteiger partial charge on any atom is 0.229 e. The molecule has 2 heterocycles. The first-order valence-electron chi connectivity index (χ1n) is 10.1. The molecule has 0 aromatic heterocycles. The minimum absolute atomic E-state index is 0.1000. The molecule has 3 fully saturated rings. The molecule has 4 rings (SSSR count). The zero-order chi connectivity index (χ0) is 18.9. The number of carbonyl (C=O) groups excluding carboxylic acids is 2. The van der Waals surface area contributed by atoms with E-state index in [2.05, 4.69) is 15.5 Å². The molecule has 2 saturated heterocycles. The van der Waals surface area contributed by atoms with Gasteiger partial charge in [-0.25, -0.2) is 0 Å². The third-order valence-corrected chi connectivity index (χ3v) is 6.67. The summed E-state index contributed by atoms with van der Waals surface area (Å²) in [4.78, 5) is 27.3. The van der Waals surface area contributed by atoms with Crippen LogP contribution in [0.15, 0.2) is 24.3 Å². The van der Waals surface area contributed by atoms with E-state index in [-0.39, 0.29) is 23.1 Å². The van der Waals surface area contributed by atoms with Crippen LogP contribution in [0.25, 0.3) is 0 Å². The number of rotatable bonds is 6. The first-order chi connectivity index (χ1) is 13.1. The summed E-state index contributed by atoms with van der Waals surface area (Å²) in [6, 6.07) is 8.16. The van der Waals surface area contributed by atoms with Crippen molar-refractivity contribution in [3.8, 4) is 0 Å². The molecule has 0 spiro atoms. The van der Waals surface area contributed by atoms with Gasteiger partial charge < -0.3 is 15.5 Å². The lowest BCUT2D eigenvalue weighted by Gasteiger charge is -2.41. The number of hydrogen-bond acceptors (Lipinski definition) is 3. The molecule has 0 bridgehead atoms. The number of likely N-dealkylation sites (tertiary alicyclic amines) is 1. The van der Waals surface area contributed by atoms with Crippen molar-refractivity contribution in [2.75, 3.05) is 26.2 Å². The van der Waals surface area contributed by atoms with Crippen molar-refractivity contribution in [3.63, 3.8) is 0 Å². The first kappa shape index (κ1) is 18.8. The monoisotopic (exact) mass is 389 g/mol. The third kappa shape index (κ3) is 3.99. The molecule has 0 radical (unpaired) electrons. The van der Waals surface area contributed by atoms with Crippen molar-refractivity contribution in [2.45, 2.75) is 44.6 Å². The van der Waals surface area contributed by atoms with Crippen LogP contribution < -0.4 is 10.6 Å². The van der Waals surface area contributed by atoms with Gasteiger partial charge in [0, 0.05) is 49.6 Å². The molecule has 6 heteroatoms. The van der Waals surface area contributed by atoms with Crippen molar-refractivity contribution < 1.29 is 9.59 Å². The summed E-state index contributed by atoms with van der Waals surface area (Å²) in [6.45, 7) is 2.78. The third-order valence-electron chi connectivity index (χ3n) is 6.42. The van der Waals surface area contributed by atoms with Gasteiger partial charge in [-0.05, 0) is 37.0 Å². The van der Waals surface area contributed by atoms with E-state index in [1.807, 2.05) is 24.3 Å². The van der Waals surface area contributed by atoms with E-state index in [0.717, 1.165) is 24.9 Å². The van der Waals surface area contributed by atoms with E-state index < -0.39 is 0 Å². The standard InChI is InChI=1S/C21H28ClN3O2/c22-17-7-5-15(6-8-17)10-21(13-23-14-21)20(27)24-11-16-9-19(26)25(12-16)18-3-1-2-4-18/h5-8,16,18,23H,1-4,9-14H2,(H,24,27). The van der Waals surface area contributed by atoms with Gasteiger partial charge in [-0.3, -0.25) is 9.59 Å². The molecule has 2 N–H and O–H groups in total. The van der Waals surface area contributed by atoms with Gasteiger partial charge in [-0.15, -0.1) is 0 Å². The predicted octanol–water partition coefficient (Wildman–Crippen LogP) is 2.38. The average molecular weight is 390 g/mol. The molecule has 5 nitrogen and oxygen atoms in total. The molecule has 1 saturated carbocycles. The Kier molecular flexibility index (Phi) is 5.42. The lowest BCUT2D eigenvalue weighted by Crippen LogP contribution is -2.62. The molecule has 1 atom stereocenters. The Balaban J connectivity index is 1.31. The number of nitrogens with one attached hydrogen (secondary N) is 2. The quantitative estimate of drug-likeness (QED) is 0.785. The van der Waals surface area contributed by atoms with Crippen molar-refractivity contribution in [1.82, 2.24) is 15.5 Å². The highest BCUT2D eigenvalue weighted by Crippen LogP contribution is 2.31. The Hall–Kier alpha value is -1.59. The Morgan fingerprint density at radius 1 is 1.22 bits per heavy atom. The van der Waals surface area contributed by atoms with E-state index in [0.29, 0.717) is 43.5 Å². The van der Waals surface area contributed by atoms with E-state index >= 15 is 0 Å². The summed E-state index contributed by atoms with van der Waals surface area (Å²) in [5.74, 6) is 0.605. The van der Waals surface area contributed by atoms with Gasteiger partial charge >= 0.3 is 0 Å². The van der Waals surface area contributed by atoms with E-state index in [1.54, 1.807) is 0 Å². The molecule has 27 heavy (non-hydrogen) atoms. The summed E-state index contributed by atoms with van der Waals surface area (Å²) in [5, 5.41) is 7.10. The molecule has 146 valence electrons. The molecule has 3 aliphatic rings. The molecule has 1 aromatic rings. The Morgan fingerprint density at radius 3 is 2.56 bits per heavy atom. The highest BCUT2D eigenvalue weighted by molar-refractivity contribution is 6.30. The largest absolute Gasteiger partial charge is 0.355 e. The SMILES string of the molecule is O=C1CC(CNC(=O)C2(Cc3ccc(Cl)cc3)CNC2)CN1C1CCCC1. The molecule has 1 aliphatic carbocycles. The summed E-state index contributed by atoms with van der Waals surface area (Å²) in [7, 11) is 0. The molecular formula is C21H28ClN3O2. The molecule has 2 amide bonds. The minimum Gasteiger partial charge on any atom is -0.355 e. The maximum absolute atomic E-state index is 12.9. The summed E-state index contributed by atoms with van der Waals surface area (Å²) >= 11 is 5.96. The number of amides is 2. The van der Waals surface area contributed by atoms with Crippen LogP contribution in [-0.2, 0) is 16.0 Å². The molecule has 1 unspecified atom stereocenters. The smallest absolute Gasteiger partial charge is 0.229 e. The van der Waals surface area contributed by atoms with Crippen LogP contribution in [0.1, 0.15) is 37.7 Å². The Morgan fingerprint density at radius 2 is 1.93 bits per heavy atom. The molecule has 2 aliphatic heterocycles. The van der Waals surface area contributed by atoms with Crippen LogP contribution in [-0.4, -0.2) is 48.9 Å². The molecule has 1 aromatic carbocycles. The highest BCUT2D eigenvalue weighted by atomic mass is 35.5. The lowest BCUT2D eigenvalue weighted by molar-refractivity contribution is -0.134. The van der Waals surface area contributed by atoms with Crippen LogP contribution in [0.4, 0.5) is 0 Å². The second kappa shape index (κ2) is 7.80. The van der Waals surface area contributed by atoms with Gasteiger partial charge in [-0.1, -0.05) is 36.6 Å². The molecular weight excluding hydrogens is 362 g/mol. The number of halogens is 1. The highest BCUT2D eigenvalue weighted by Gasteiger charge is 2.44. The van der Waals surface area contributed by atoms with Crippen molar-refractivity contribution in [3.05, 3.63) is 34.9 Å². The zero-order valence-corrected chi connectivity index (χ0v) is 16.4. The Bertz CT molecular complexity index is 696. The van der Waals surface area contributed by atoms with E-state index in [9.17, 15) is 9.59 Å². The Labute approximate surface area is 165 Å². The van der Waals surface area contributed by atoms with Crippen LogP contribution in [0.2, 0.25) is 5.02 Å². The van der Waals surface area contributed by atoms with E-state index in [1.165, 1.54) is 12.8 Å². The maximum atomic E-state index is 12.9. The van der Waals surface area contributed by atoms with Crippen molar-refractivity contribution in [1.29, 1.82) is 0 Å². The second-order valence-corrected chi connectivity index (χ2v) is 8.89. The van der Waals surface area contributed by atoms with Gasteiger partial charge in [0.15, 0.2) is 0 Å². The summed E-state index contributed by atoms with van der Waals surface area (Å²) < 4.78 is 0. The van der Waals surface area contributed by atoms with Gasteiger partial charge in [0.25, 0.3) is 0 Å². The fourth-order valence-corrected chi connectivity index (χ4v) is 4.85. The van der Waals surface area contributed by atoms with Gasteiger partial charge in [0.2, 0.25) is 11.8 Å². The summed E-state index contributed by atoms with van der Waals surface area (Å²) in [6.07, 6.45) is 6.02. The fourth-order valence-electron chi connectivity index (χ4n) is 4.72. The normalized spacial score (nSPS) is 24.9. The van der Waals surface area contributed by atoms with Gasteiger partial charge in [-0.2, -0.15) is 0 Å².